The second-order valence-corrected chi connectivity index (χ2v) is 4.47. The number of carbonyl (C=O) groups excluding carboxylic acids is 1. The molecule has 6 heteroatoms. The number of Topliss-reactive ketones (excluding diaryl/α,β-unsaturated/α-hetero) is 1. The fourth-order valence-electron chi connectivity index (χ4n) is 1.69. The highest BCUT2D eigenvalue weighted by Gasteiger charge is 2.18. The normalized spacial score (nSPS) is 10.7. The van der Waals surface area contributed by atoms with Gasteiger partial charge in [0.15, 0.2) is 17.4 Å². The fraction of sp³-hybridized carbons (Fsp3) is 0.0714. The van der Waals surface area contributed by atoms with E-state index in [1.165, 1.54) is 12.1 Å². The zero-order valence-electron chi connectivity index (χ0n) is 9.89. The molecular weight excluding hydrogens is 296 g/mol. The van der Waals surface area contributed by atoms with Crippen molar-refractivity contribution < 1.29 is 22.4 Å². The Hall–Kier alpha value is -1.88. The molecule has 0 spiro atoms. The molecule has 2 aromatic carbocycles. The molecule has 20 heavy (non-hydrogen) atoms. The van der Waals surface area contributed by atoms with E-state index >= 15 is 0 Å². The van der Waals surface area contributed by atoms with Crippen LogP contribution in [0.4, 0.5) is 17.6 Å². The van der Waals surface area contributed by atoms with Crippen LogP contribution >= 0.6 is 11.6 Å². The number of hydrogen-bond acceptors (Lipinski definition) is 1. The molecule has 0 aromatic heterocycles. The third kappa shape index (κ3) is 2.82. The molecular formula is C14H7ClF4O. The predicted molar refractivity (Wildman–Crippen MR) is 65.8 cm³/mol. The lowest BCUT2D eigenvalue weighted by Crippen LogP contribution is -2.09. The van der Waals surface area contributed by atoms with Gasteiger partial charge in [0.1, 0.15) is 11.6 Å². The minimum Gasteiger partial charge on any atom is -0.294 e. The standard InChI is InChI=1S/C14H7ClF4O/c15-9-6-11(17)8(5-12(9)18)13(20)4-7-2-1-3-10(16)14(7)19/h1-3,5-6H,4H2. The lowest BCUT2D eigenvalue weighted by molar-refractivity contribution is 0.0987. The molecule has 0 saturated carbocycles. The number of ketones is 1. The molecule has 0 atom stereocenters. The van der Waals surface area contributed by atoms with Gasteiger partial charge in [0.05, 0.1) is 10.6 Å². The Morgan fingerprint density at radius 1 is 1.00 bits per heavy atom. The Morgan fingerprint density at radius 2 is 1.70 bits per heavy atom. The van der Waals surface area contributed by atoms with Gasteiger partial charge in [-0.1, -0.05) is 23.7 Å². The summed E-state index contributed by atoms with van der Waals surface area (Å²) in [7, 11) is 0. The summed E-state index contributed by atoms with van der Waals surface area (Å²) >= 11 is 5.36. The molecule has 0 bridgehead atoms. The molecule has 0 heterocycles. The van der Waals surface area contributed by atoms with E-state index in [0.29, 0.717) is 12.1 Å². The molecule has 0 aliphatic heterocycles. The van der Waals surface area contributed by atoms with Crippen LogP contribution in [0.3, 0.4) is 0 Å². The largest absolute Gasteiger partial charge is 0.294 e. The molecule has 2 aromatic rings. The van der Waals surface area contributed by atoms with Crippen LogP contribution < -0.4 is 0 Å². The minimum absolute atomic E-state index is 0.232. The number of hydrogen-bond donors (Lipinski definition) is 0. The second-order valence-electron chi connectivity index (χ2n) is 4.06. The van der Waals surface area contributed by atoms with Gasteiger partial charge in [0, 0.05) is 6.42 Å². The molecule has 2 rings (SSSR count). The third-order valence-corrected chi connectivity index (χ3v) is 2.98. The number of carbonyl (C=O) groups is 1. The maximum absolute atomic E-state index is 13.5. The van der Waals surface area contributed by atoms with E-state index in [2.05, 4.69) is 0 Å². The average Bonchev–Trinajstić information content (AvgIpc) is 2.39. The highest BCUT2D eigenvalue weighted by molar-refractivity contribution is 6.30. The molecule has 0 aliphatic carbocycles. The molecule has 0 amide bonds. The van der Waals surface area contributed by atoms with Crippen LogP contribution in [-0.2, 0) is 6.42 Å². The van der Waals surface area contributed by atoms with E-state index in [-0.39, 0.29) is 5.56 Å². The Labute approximate surface area is 116 Å². The van der Waals surface area contributed by atoms with Crippen molar-refractivity contribution in [1.82, 2.24) is 0 Å². The Kier molecular flexibility index (Phi) is 4.09. The summed E-state index contributed by atoms with van der Waals surface area (Å²) in [5.74, 6) is -5.15. The summed E-state index contributed by atoms with van der Waals surface area (Å²) in [6, 6.07) is 4.61. The van der Waals surface area contributed by atoms with Crippen LogP contribution in [-0.4, -0.2) is 5.78 Å². The van der Waals surface area contributed by atoms with E-state index in [1.807, 2.05) is 0 Å². The Balaban J connectivity index is 2.33. The smallest absolute Gasteiger partial charge is 0.170 e. The Bertz CT molecular complexity index is 685. The minimum atomic E-state index is -1.18. The van der Waals surface area contributed by atoms with Crippen molar-refractivity contribution in [1.29, 1.82) is 0 Å². The zero-order chi connectivity index (χ0) is 14.9. The highest BCUT2D eigenvalue weighted by Crippen LogP contribution is 2.21. The highest BCUT2D eigenvalue weighted by atomic mass is 35.5. The molecule has 104 valence electrons. The monoisotopic (exact) mass is 302 g/mol. The van der Waals surface area contributed by atoms with Crippen LogP contribution in [0.15, 0.2) is 30.3 Å². The summed E-state index contributed by atoms with van der Waals surface area (Å²) in [5.41, 5.74) is -0.791. The first-order valence-corrected chi connectivity index (χ1v) is 5.88. The van der Waals surface area contributed by atoms with E-state index in [9.17, 15) is 22.4 Å². The second kappa shape index (κ2) is 5.63. The zero-order valence-corrected chi connectivity index (χ0v) is 10.6. The van der Waals surface area contributed by atoms with Gasteiger partial charge in [0.2, 0.25) is 0 Å². The van der Waals surface area contributed by atoms with Gasteiger partial charge in [-0.2, -0.15) is 0 Å². The van der Waals surface area contributed by atoms with Crippen LogP contribution in [0.1, 0.15) is 15.9 Å². The maximum atomic E-state index is 13.5. The van der Waals surface area contributed by atoms with Crippen molar-refractivity contribution in [2.75, 3.05) is 0 Å². The SMILES string of the molecule is O=C(Cc1cccc(F)c1F)c1cc(F)c(Cl)cc1F. The first-order valence-electron chi connectivity index (χ1n) is 5.50. The van der Waals surface area contributed by atoms with Crippen molar-refractivity contribution in [3.05, 3.63) is 69.8 Å². The van der Waals surface area contributed by atoms with E-state index in [0.717, 1.165) is 6.07 Å². The number of rotatable bonds is 3. The lowest BCUT2D eigenvalue weighted by Gasteiger charge is -2.06. The molecule has 0 radical (unpaired) electrons. The Morgan fingerprint density at radius 3 is 2.40 bits per heavy atom. The molecule has 0 saturated heterocycles. The quantitative estimate of drug-likeness (QED) is 0.469. The van der Waals surface area contributed by atoms with Crippen molar-refractivity contribution in [2.45, 2.75) is 6.42 Å². The predicted octanol–water partition coefficient (Wildman–Crippen LogP) is 4.32. The van der Waals surface area contributed by atoms with Gasteiger partial charge < -0.3 is 0 Å². The van der Waals surface area contributed by atoms with Gasteiger partial charge in [-0.05, 0) is 23.8 Å². The number of halogens is 5. The third-order valence-electron chi connectivity index (χ3n) is 2.69. The summed E-state index contributed by atoms with van der Waals surface area (Å²) in [5, 5.41) is -0.462. The first-order chi connectivity index (χ1) is 9.40. The van der Waals surface area contributed by atoms with Crippen molar-refractivity contribution in [2.24, 2.45) is 0 Å². The summed E-state index contributed by atoms with van der Waals surface area (Å²) < 4.78 is 53.1. The molecule has 0 N–H and O–H groups in total. The fourth-order valence-corrected chi connectivity index (χ4v) is 1.84. The first kappa shape index (κ1) is 14.5. The van der Waals surface area contributed by atoms with Crippen LogP contribution in [0.2, 0.25) is 5.02 Å². The van der Waals surface area contributed by atoms with E-state index in [4.69, 9.17) is 11.6 Å². The van der Waals surface area contributed by atoms with Crippen LogP contribution in [0.5, 0.6) is 0 Å². The molecule has 1 nitrogen and oxygen atoms in total. The summed E-state index contributed by atoms with van der Waals surface area (Å²) in [4.78, 5) is 11.8. The van der Waals surface area contributed by atoms with E-state index in [1.54, 1.807) is 0 Å². The topological polar surface area (TPSA) is 17.1 Å². The lowest BCUT2D eigenvalue weighted by atomic mass is 10.0. The molecule has 0 fully saturated rings. The number of benzene rings is 2. The maximum Gasteiger partial charge on any atom is 0.170 e. The van der Waals surface area contributed by atoms with Crippen LogP contribution in [0.25, 0.3) is 0 Å². The van der Waals surface area contributed by atoms with Crippen LogP contribution in [0, 0.1) is 23.3 Å². The van der Waals surface area contributed by atoms with Gasteiger partial charge >= 0.3 is 0 Å². The van der Waals surface area contributed by atoms with Crippen molar-refractivity contribution in [3.63, 3.8) is 0 Å². The summed E-state index contributed by atoms with van der Waals surface area (Å²) in [6.45, 7) is 0. The van der Waals surface area contributed by atoms with E-state index < -0.39 is 46.1 Å². The summed E-state index contributed by atoms with van der Waals surface area (Å²) in [6.07, 6.45) is -0.582. The van der Waals surface area contributed by atoms with Crippen molar-refractivity contribution >= 4 is 17.4 Å². The average molecular weight is 303 g/mol. The van der Waals surface area contributed by atoms with Gasteiger partial charge in [-0.25, -0.2) is 17.6 Å². The van der Waals surface area contributed by atoms with Crippen molar-refractivity contribution in [3.8, 4) is 0 Å². The van der Waals surface area contributed by atoms with Gasteiger partial charge in [0.25, 0.3) is 0 Å². The molecule has 0 unspecified atom stereocenters. The van der Waals surface area contributed by atoms with Gasteiger partial charge in [-0.15, -0.1) is 0 Å². The molecule has 0 aliphatic rings. The van der Waals surface area contributed by atoms with Gasteiger partial charge in [-0.3, -0.25) is 4.79 Å².